The van der Waals surface area contributed by atoms with Crippen LogP contribution in [0, 0.1) is 22.7 Å². The summed E-state index contributed by atoms with van der Waals surface area (Å²) in [7, 11) is 0. The second-order valence-electron chi connectivity index (χ2n) is 3.97. The lowest BCUT2D eigenvalue weighted by Gasteiger charge is -1.94. The Kier molecular flexibility index (Phi) is 4.45. The maximum atomic E-state index is 12.4. The van der Waals surface area contributed by atoms with E-state index in [0.29, 0.717) is 14.9 Å². The van der Waals surface area contributed by atoms with Crippen molar-refractivity contribution in [1.29, 1.82) is 10.5 Å². The van der Waals surface area contributed by atoms with Gasteiger partial charge in [0.15, 0.2) is 5.57 Å². The number of aromatic nitrogens is 2. The normalized spacial score (nSPS) is 10.7. The zero-order chi connectivity index (χ0) is 15.2. The lowest BCUT2D eigenvalue weighted by Crippen LogP contribution is -2.31. The van der Waals surface area contributed by atoms with Gasteiger partial charge in [0.25, 0.3) is 5.56 Å². The van der Waals surface area contributed by atoms with Gasteiger partial charge in [-0.3, -0.25) is 14.3 Å². The first-order valence-corrected chi connectivity index (χ1v) is 6.80. The molecule has 0 spiro atoms. The van der Waals surface area contributed by atoms with Crippen molar-refractivity contribution in [1.82, 2.24) is 9.55 Å². The summed E-state index contributed by atoms with van der Waals surface area (Å²) in [6.07, 6.45) is 4.82. The van der Waals surface area contributed by atoms with Gasteiger partial charge in [-0.1, -0.05) is 12.1 Å². The Morgan fingerprint density at radius 1 is 1.43 bits per heavy atom. The highest BCUT2D eigenvalue weighted by Gasteiger charge is 2.08. The van der Waals surface area contributed by atoms with E-state index in [1.54, 1.807) is 30.5 Å². The summed E-state index contributed by atoms with van der Waals surface area (Å²) < 4.78 is 2.13. The average Bonchev–Trinajstić information content (AvgIpc) is 2.80. The van der Waals surface area contributed by atoms with Gasteiger partial charge in [-0.15, -0.1) is 17.9 Å². The van der Waals surface area contributed by atoms with Gasteiger partial charge in [0.2, 0.25) is 0 Å². The predicted octanol–water partition coefficient (Wildman–Crippen LogP) is 0.517. The molecular weight excluding hydrogens is 284 g/mol. The minimum absolute atomic E-state index is 0.0837. The molecular formula is C15H10N4OS. The molecule has 0 atom stereocenters. The fourth-order valence-corrected chi connectivity index (χ4v) is 2.76. The summed E-state index contributed by atoms with van der Waals surface area (Å²) in [5.41, 5.74) is 0.298. The number of pyridine rings is 1. The fraction of sp³-hybridized carbons (Fsp3) is 0.0667. The van der Waals surface area contributed by atoms with Crippen molar-refractivity contribution in [2.75, 3.05) is 0 Å². The van der Waals surface area contributed by atoms with Crippen LogP contribution < -0.4 is 14.8 Å². The average molecular weight is 294 g/mol. The van der Waals surface area contributed by atoms with E-state index in [1.807, 2.05) is 18.2 Å². The molecule has 2 aromatic rings. The topological polar surface area (TPSA) is 82.5 Å². The monoisotopic (exact) mass is 294 g/mol. The highest BCUT2D eigenvalue weighted by molar-refractivity contribution is 7.07. The van der Waals surface area contributed by atoms with Crippen LogP contribution in [0.3, 0.4) is 0 Å². The first kappa shape index (κ1) is 14.4. The largest absolute Gasteiger partial charge is 0.293 e. The first-order valence-electron chi connectivity index (χ1n) is 5.99. The van der Waals surface area contributed by atoms with Crippen LogP contribution >= 0.6 is 11.3 Å². The van der Waals surface area contributed by atoms with Crippen LogP contribution in [0.25, 0.3) is 11.6 Å². The molecule has 6 heteroatoms. The summed E-state index contributed by atoms with van der Waals surface area (Å²) in [4.78, 5) is 16.5. The molecule has 0 saturated carbocycles. The molecule has 0 aromatic carbocycles. The maximum absolute atomic E-state index is 12.4. The van der Waals surface area contributed by atoms with Crippen molar-refractivity contribution in [2.45, 2.75) is 6.54 Å². The standard InChI is InChI=1S/C15H10N4OS/c1-2-7-19-14(20)13(8-12-5-3-4-6-18-12)21-15(19)11(9-16)10-17/h2-6,8H,1,7H2/b13-8+. The first-order chi connectivity index (χ1) is 10.2. The smallest absolute Gasteiger partial charge is 0.269 e. The molecule has 0 amide bonds. The molecule has 0 saturated heterocycles. The zero-order valence-electron chi connectivity index (χ0n) is 11.0. The summed E-state index contributed by atoms with van der Waals surface area (Å²) in [5.74, 6) is 0. The summed E-state index contributed by atoms with van der Waals surface area (Å²) in [5, 5.41) is 18.0. The van der Waals surface area contributed by atoms with E-state index in [2.05, 4.69) is 11.6 Å². The number of nitriles is 2. The molecule has 5 nitrogen and oxygen atoms in total. The van der Waals surface area contributed by atoms with Crippen LogP contribution in [-0.4, -0.2) is 9.55 Å². The minimum Gasteiger partial charge on any atom is -0.293 e. The number of rotatable bonds is 3. The Balaban J connectivity index is 2.82. The van der Waals surface area contributed by atoms with Gasteiger partial charge in [0.1, 0.15) is 16.8 Å². The van der Waals surface area contributed by atoms with Crippen LogP contribution in [0.1, 0.15) is 5.69 Å². The summed E-state index contributed by atoms with van der Waals surface area (Å²) in [6, 6.07) is 9.00. The molecule has 2 heterocycles. The van der Waals surface area contributed by atoms with E-state index in [0.717, 1.165) is 11.3 Å². The van der Waals surface area contributed by atoms with Crippen molar-refractivity contribution in [3.8, 4) is 12.1 Å². The van der Waals surface area contributed by atoms with Crippen LogP contribution in [0.4, 0.5) is 0 Å². The van der Waals surface area contributed by atoms with Gasteiger partial charge in [0.05, 0.1) is 10.2 Å². The van der Waals surface area contributed by atoms with E-state index >= 15 is 0 Å². The molecule has 0 aliphatic heterocycles. The van der Waals surface area contributed by atoms with Gasteiger partial charge >= 0.3 is 0 Å². The van der Waals surface area contributed by atoms with E-state index in [9.17, 15) is 4.79 Å². The zero-order valence-corrected chi connectivity index (χ0v) is 11.8. The highest BCUT2D eigenvalue weighted by atomic mass is 32.1. The number of hydrogen-bond donors (Lipinski definition) is 0. The molecule has 0 aliphatic carbocycles. The second-order valence-corrected chi connectivity index (χ2v) is 5.00. The van der Waals surface area contributed by atoms with Crippen LogP contribution in [0.2, 0.25) is 0 Å². The second kappa shape index (κ2) is 6.47. The number of allylic oxidation sites excluding steroid dienone is 1. The van der Waals surface area contributed by atoms with E-state index in [1.165, 1.54) is 4.57 Å². The van der Waals surface area contributed by atoms with Crippen LogP contribution in [-0.2, 0) is 6.54 Å². The van der Waals surface area contributed by atoms with Gasteiger partial charge in [-0.2, -0.15) is 10.5 Å². The van der Waals surface area contributed by atoms with E-state index in [4.69, 9.17) is 10.5 Å². The van der Waals surface area contributed by atoms with Crippen LogP contribution in [0.15, 0.2) is 41.8 Å². The van der Waals surface area contributed by atoms with E-state index in [-0.39, 0.29) is 17.7 Å². The Labute approximate surface area is 124 Å². The molecule has 102 valence electrons. The van der Waals surface area contributed by atoms with Crippen LogP contribution in [0.5, 0.6) is 0 Å². The molecule has 2 aromatic heterocycles. The third-order valence-electron chi connectivity index (χ3n) is 2.62. The Bertz CT molecular complexity index is 907. The molecule has 0 aliphatic rings. The molecule has 0 bridgehead atoms. The quantitative estimate of drug-likeness (QED) is 0.773. The third-order valence-corrected chi connectivity index (χ3v) is 3.75. The van der Waals surface area contributed by atoms with E-state index < -0.39 is 0 Å². The van der Waals surface area contributed by atoms with Crippen molar-refractivity contribution in [3.63, 3.8) is 0 Å². The molecule has 0 unspecified atom stereocenters. The van der Waals surface area contributed by atoms with Gasteiger partial charge < -0.3 is 0 Å². The predicted molar refractivity (Wildman–Crippen MR) is 80.5 cm³/mol. The van der Waals surface area contributed by atoms with Crippen molar-refractivity contribution < 1.29 is 0 Å². The molecule has 21 heavy (non-hydrogen) atoms. The van der Waals surface area contributed by atoms with Gasteiger partial charge in [-0.05, 0) is 18.2 Å². The Morgan fingerprint density at radius 3 is 2.76 bits per heavy atom. The maximum Gasteiger partial charge on any atom is 0.269 e. The van der Waals surface area contributed by atoms with Crippen molar-refractivity contribution in [2.24, 2.45) is 0 Å². The Hall–Kier alpha value is -2.96. The minimum atomic E-state index is -0.261. The molecule has 0 radical (unpaired) electrons. The number of thiazole rings is 1. The highest BCUT2D eigenvalue weighted by Crippen LogP contribution is 1.94. The summed E-state index contributed by atoms with van der Waals surface area (Å²) in [6.45, 7) is 3.83. The lowest BCUT2D eigenvalue weighted by atomic mass is 10.3. The number of hydrogen-bond acceptors (Lipinski definition) is 5. The lowest BCUT2D eigenvalue weighted by molar-refractivity contribution is 0.775. The molecule has 0 N–H and O–H groups in total. The fourth-order valence-electron chi connectivity index (χ4n) is 1.72. The van der Waals surface area contributed by atoms with Gasteiger partial charge in [-0.25, -0.2) is 0 Å². The van der Waals surface area contributed by atoms with Crippen molar-refractivity contribution >= 4 is 23.0 Å². The SMILES string of the molecule is C=CCn1c(=C(C#N)C#N)s/c(=C/c2ccccn2)c1=O. The molecule has 0 fully saturated rings. The van der Waals surface area contributed by atoms with Gasteiger partial charge in [0, 0.05) is 12.7 Å². The molecule has 2 rings (SSSR count). The number of nitrogens with zero attached hydrogens (tertiary/aromatic N) is 4. The third kappa shape index (κ3) is 2.97. The van der Waals surface area contributed by atoms with Crippen molar-refractivity contribution in [3.05, 3.63) is 62.3 Å². The Morgan fingerprint density at radius 2 is 2.19 bits per heavy atom. The summed E-state index contributed by atoms with van der Waals surface area (Å²) >= 11 is 1.10.